The van der Waals surface area contributed by atoms with Crippen LogP contribution in [0.5, 0.6) is 0 Å². The standard InChI is InChI=1S/C12H25NO/c1-3-6-12(14)9-13-10(2)11-7-4-5-8-11/h10-14H,3-9H2,1-2H3. The van der Waals surface area contributed by atoms with Crippen LogP contribution in [-0.2, 0) is 0 Å². The lowest BCUT2D eigenvalue weighted by Gasteiger charge is -2.22. The zero-order chi connectivity index (χ0) is 10.4. The third-order valence-corrected chi connectivity index (χ3v) is 3.40. The van der Waals surface area contributed by atoms with Gasteiger partial charge in [0, 0.05) is 12.6 Å². The summed E-state index contributed by atoms with van der Waals surface area (Å²) in [5.41, 5.74) is 0. The lowest BCUT2D eigenvalue weighted by molar-refractivity contribution is 0.153. The van der Waals surface area contributed by atoms with Crippen LogP contribution in [0.3, 0.4) is 0 Å². The Morgan fingerprint density at radius 1 is 1.36 bits per heavy atom. The van der Waals surface area contributed by atoms with Crippen molar-refractivity contribution in [3.05, 3.63) is 0 Å². The monoisotopic (exact) mass is 199 g/mol. The van der Waals surface area contributed by atoms with Crippen LogP contribution in [0.4, 0.5) is 0 Å². The molecule has 0 aromatic carbocycles. The molecule has 1 aliphatic rings. The fourth-order valence-electron chi connectivity index (χ4n) is 2.38. The molecule has 2 N–H and O–H groups in total. The predicted molar refractivity (Wildman–Crippen MR) is 60.3 cm³/mol. The molecule has 2 atom stereocenters. The molecular weight excluding hydrogens is 174 g/mol. The highest BCUT2D eigenvalue weighted by Crippen LogP contribution is 2.27. The molecule has 0 spiro atoms. The normalized spacial score (nSPS) is 22.5. The van der Waals surface area contributed by atoms with Gasteiger partial charge in [-0.15, -0.1) is 0 Å². The van der Waals surface area contributed by atoms with E-state index >= 15 is 0 Å². The number of hydrogen-bond acceptors (Lipinski definition) is 2. The van der Waals surface area contributed by atoms with Crippen LogP contribution in [-0.4, -0.2) is 23.8 Å². The fraction of sp³-hybridized carbons (Fsp3) is 1.00. The van der Waals surface area contributed by atoms with Crippen LogP contribution in [0.2, 0.25) is 0 Å². The highest BCUT2D eigenvalue weighted by molar-refractivity contribution is 4.77. The lowest BCUT2D eigenvalue weighted by Crippen LogP contribution is -2.37. The third kappa shape index (κ3) is 3.97. The van der Waals surface area contributed by atoms with Gasteiger partial charge < -0.3 is 10.4 Å². The van der Waals surface area contributed by atoms with E-state index in [1.807, 2.05) is 0 Å². The van der Waals surface area contributed by atoms with Crippen molar-refractivity contribution >= 4 is 0 Å². The summed E-state index contributed by atoms with van der Waals surface area (Å²) in [6.07, 6.45) is 7.38. The first-order valence-electron chi connectivity index (χ1n) is 6.15. The summed E-state index contributed by atoms with van der Waals surface area (Å²) in [6.45, 7) is 5.14. The maximum Gasteiger partial charge on any atom is 0.0664 e. The third-order valence-electron chi connectivity index (χ3n) is 3.40. The van der Waals surface area contributed by atoms with Crippen LogP contribution in [0.1, 0.15) is 52.4 Å². The molecule has 1 fully saturated rings. The SMILES string of the molecule is CCCC(O)CNC(C)C1CCCC1. The minimum Gasteiger partial charge on any atom is -0.392 e. The first-order valence-corrected chi connectivity index (χ1v) is 6.15. The van der Waals surface area contributed by atoms with E-state index in [2.05, 4.69) is 19.2 Å². The van der Waals surface area contributed by atoms with Crippen molar-refractivity contribution in [3.63, 3.8) is 0 Å². The summed E-state index contributed by atoms with van der Waals surface area (Å²) in [5, 5.41) is 13.0. The van der Waals surface area contributed by atoms with Crippen molar-refractivity contribution in [1.82, 2.24) is 5.32 Å². The summed E-state index contributed by atoms with van der Waals surface area (Å²) in [7, 11) is 0. The Labute approximate surface area is 88.1 Å². The van der Waals surface area contributed by atoms with Crippen molar-refractivity contribution in [3.8, 4) is 0 Å². The van der Waals surface area contributed by atoms with E-state index in [-0.39, 0.29) is 6.10 Å². The Kier molecular flexibility index (Phi) is 5.49. The van der Waals surface area contributed by atoms with E-state index in [4.69, 9.17) is 0 Å². The topological polar surface area (TPSA) is 32.3 Å². The zero-order valence-corrected chi connectivity index (χ0v) is 9.63. The van der Waals surface area contributed by atoms with Gasteiger partial charge in [0.15, 0.2) is 0 Å². The van der Waals surface area contributed by atoms with E-state index in [1.165, 1.54) is 25.7 Å². The number of hydrogen-bond donors (Lipinski definition) is 2. The summed E-state index contributed by atoms with van der Waals surface area (Å²) in [5.74, 6) is 0.851. The Balaban J connectivity index is 2.10. The molecule has 1 saturated carbocycles. The van der Waals surface area contributed by atoms with Gasteiger partial charge in [-0.25, -0.2) is 0 Å². The van der Waals surface area contributed by atoms with Crippen molar-refractivity contribution in [2.24, 2.45) is 5.92 Å². The molecule has 0 radical (unpaired) electrons. The van der Waals surface area contributed by atoms with Crippen molar-refractivity contribution in [1.29, 1.82) is 0 Å². The second kappa shape index (κ2) is 6.41. The van der Waals surface area contributed by atoms with E-state index < -0.39 is 0 Å². The predicted octanol–water partition coefficient (Wildman–Crippen LogP) is 2.32. The average Bonchev–Trinajstić information content (AvgIpc) is 2.67. The Morgan fingerprint density at radius 3 is 2.57 bits per heavy atom. The van der Waals surface area contributed by atoms with Crippen LogP contribution < -0.4 is 5.32 Å². The number of rotatable bonds is 6. The van der Waals surface area contributed by atoms with Crippen LogP contribution >= 0.6 is 0 Å². The molecular formula is C12H25NO. The highest BCUT2D eigenvalue weighted by atomic mass is 16.3. The van der Waals surface area contributed by atoms with E-state index in [9.17, 15) is 5.11 Å². The maximum atomic E-state index is 9.58. The quantitative estimate of drug-likeness (QED) is 0.688. The van der Waals surface area contributed by atoms with Gasteiger partial charge in [0.2, 0.25) is 0 Å². The van der Waals surface area contributed by atoms with Crippen molar-refractivity contribution in [2.75, 3.05) is 6.54 Å². The van der Waals surface area contributed by atoms with Gasteiger partial charge in [-0.1, -0.05) is 26.2 Å². The molecule has 0 bridgehead atoms. The molecule has 2 unspecified atom stereocenters. The summed E-state index contributed by atoms with van der Waals surface area (Å²) >= 11 is 0. The van der Waals surface area contributed by atoms with Gasteiger partial charge in [-0.3, -0.25) is 0 Å². The van der Waals surface area contributed by atoms with Gasteiger partial charge in [0.05, 0.1) is 6.10 Å². The summed E-state index contributed by atoms with van der Waals surface area (Å²) < 4.78 is 0. The summed E-state index contributed by atoms with van der Waals surface area (Å²) in [6, 6.07) is 0.587. The van der Waals surface area contributed by atoms with Crippen LogP contribution in [0, 0.1) is 5.92 Å². The largest absolute Gasteiger partial charge is 0.392 e. The zero-order valence-electron chi connectivity index (χ0n) is 9.63. The van der Waals surface area contributed by atoms with E-state index in [0.717, 1.165) is 25.3 Å². The molecule has 2 heteroatoms. The molecule has 0 aliphatic heterocycles. The molecule has 1 rings (SSSR count). The minimum atomic E-state index is -0.149. The molecule has 0 aromatic rings. The van der Waals surface area contributed by atoms with Crippen LogP contribution in [0.15, 0.2) is 0 Å². The van der Waals surface area contributed by atoms with Crippen molar-refractivity contribution in [2.45, 2.75) is 64.5 Å². The molecule has 0 amide bonds. The second-order valence-electron chi connectivity index (χ2n) is 4.68. The molecule has 2 nitrogen and oxygen atoms in total. The highest BCUT2D eigenvalue weighted by Gasteiger charge is 2.21. The van der Waals surface area contributed by atoms with E-state index in [0.29, 0.717) is 6.04 Å². The molecule has 1 aliphatic carbocycles. The van der Waals surface area contributed by atoms with E-state index in [1.54, 1.807) is 0 Å². The lowest BCUT2D eigenvalue weighted by atomic mass is 9.99. The molecule has 0 heterocycles. The number of nitrogens with one attached hydrogen (secondary N) is 1. The van der Waals surface area contributed by atoms with Gasteiger partial charge in [-0.2, -0.15) is 0 Å². The van der Waals surface area contributed by atoms with Crippen molar-refractivity contribution < 1.29 is 5.11 Å². The van der Waals surface area contributed by atoms with Gasteiger partial charge in [-0.05, 0) is 32.1 Å². The Bertz CT molecular complexity index is 143. The summed E-state index contributed by atoms with van der Waals surface area (Å²) in [4.78, 5) is 0. The van der Waals surface area contributed by atoms with Gasteiger partial charge >= 0.3 is 0 Å². The maximum absolute atomic E-state index is 9.58. The number of aliphatic hydroxyl groups is 1. The molecule has 14 heavy (non-hydrogen) atoms. The van der Waals surface area contributed by atoms with Crippen LogP contribution in [0.25, 0.3) is 0 Å². The molecule has 0 saturated heterocycles. The second-order valence-corrected chi connectivity index (χ2v) is 4.68. The van der Waals surface area contributed by atoms with Gasteiger partial charge in [0.25, 0.3) is 0 Å². The Hall–Kier alpha value is -0.0800. The molecule has 84 valence electrons. The number of aliphatic hydroxyl groups excluding tert-OH is 1. The fourth-order valence-corrected chi connectivity index (χ4v) is 2.38. The smallest absolute Gasteiger partial charge is 0.0664 e. The first kappa shape index (κ1) is 12.0. The average molecular weight is 199 g/mol. The minimum absolute atomic E-state index is 0.149. The van der Waals surface area contributed by atoms with Gasteiger partial charge in [0.1, 0.15) is 0 Å². The first-order chi connectivity index (χ1) is 6.74. The Morgan fingerprint density at radius 2 is 2.00 bits per heavy atom. The molecule has 0 aromatic heterocycles.